The van der Waals surface area contributed by atoms with Gasteiger partial charge in [0.2, 0.25) is 0 Å². The van der Waals surface area contributed by atoms with E-state index in [0.29, 0.717) is 0 Å². The molecule has 0 unspecified atom stereocenters. The Morgan fingerprint density at radius 1 is 1.12 bits per heavy atom. The molecule has 0 spiro atoms. The van der Waals surface area contributed by atoms with Gasteiger partial charge in [0.25, 0.3) is 10.0 Å². The number of carboxylic acids is 1. The molecule has 0 aromatic heterocycles. The first-order valence-electron chi connectivity index (χ1n) is 6.80. The minimum atomic E-state index is -4.16. The third-order valence-electron chi connectivity index (χ3n) is 3.25. The van der Waals surface area contributed by atoms with Crippen molar-refractivity contribution >= 4 is 27.5 Å². The third-order valence-corrected chi connectivity index (χ3v) is 4.64. The summed E-state index contributed by atoms with van der Waals surface area (Å²) < 4.78 is 32.6. The molecule has 0 atom stereocenters. The van der Waals surface area contributed by atoms with Crippen LogP contribution in [0.3, 0.4) is 0 Å². The van der Waals surface area contributed by atoms with Gasteiger partial charge in [-0.2, -0.15) is 0 Å². The summed E-state index contributed by atoms with van der Waals surface area (Å²) >= 11 is 0. The van der Waals surface area contributed by atoms with E-state index in [0.717, 1.165) is 6.07 Å². The van der Waals surface area contributed by atoms with Crippen molar-refractivity contribution in [1.29, 1.82) is 0 Å². The highest BCUT2D eigenvalue weighted by Gasteiger charge is 2.23. The van der Waals surface area contributed by atoms with Crippen LogP contribution in [0.1, 0.15) is 27.6 Å². The molecule has 0 saturated carbocycles. The summed E-state index contributed by atoms with van der Waals surface area (Å²) in [5.74, 6) is -1.58. The zero-order valence-electron chi connectivity index (χ0n) is 12.9. The number of ether oxygens (including phenoxy) is 1. The second kappa shape index (κ2) is 6.71. The third kappa shape index (κ3) is 3.54. The van der Waals surface area contributed by atoms with E-state index in [4.69, 9.17) is 9.84 Å². The van der Waals surface area contributed by atoms with Gasteiger partial charge in [0.1, 0.15) is 10.6 Å². The van der Waals surface area contributed by atoms with Crippen molar-refractivity contribution in [3.05, 3.63) is 53.6 Å². The number of sulfonamides is 1. The van der Waals surface area contributed by atoms with Crippen molar-refractivity contribution in [3.63, 3.8) is 0 Å². The molecule has 0 aliphatic rings. The van der Waals surface area contributed by atoms with Crippen LogP contribution >= 0.6 is 0 Å². The van der Waals surface area contributed by atoms with E-state index in [1.807, 2.05) is 0 Å². The monoisotopic (exact) mass is 349 g/mol. The molecule has 0 aliphatic carbocycles. The predicted octanol–water partition coefficient (Wildman–Crippen LogP) is 2.40. The number of methoxy groups -OCH3 is 1. The van der Waals surface area contributed by atoms with E-state index < -0.39 is 16.0 Å². The number of aromatic carboxylic acids is 1. The molecule has 0 saturated heterocycles. The molecule has 24 heavy (non-hydrogen) atoms. The van der Waals surface area contributed by atoms with Crippen LogP contribution in [0.15, 0.2) is 47.4 Å². The number of anilines is 1. The number of carboxylic acid groups (broad SMARTS) is 1. The zero-order chi connectivity index (χ0) is 17.9. The molecule has 2 aromatic rings. The van der Waals surface area contributed by atoms with Gasteiger partial charge < -0.3 is 9.84 Å². The summed E-state index contributed by atoms with van der Waals surface area (Å²) in [6.45, 7) is 1.32. The Morgan fingerprint density at radius 3 is 2.38 bits per heavy atom. The second-order valence-electron chi connectivity index (χ2n) is 4.88. The van der Waals surface area contributed by atoms with E-state index in [1.54, 1.807) is 12.1 Å². The van der Waals surface area contributed by atoms with E-state index in [9.17, 15) is 18.0 Å². The molecule has 126 valence electrons. The number of para-hydroxylation sites is 1. The lowest BCUT2D eigenvalue weighted by Gasteiger charge is -2.14. The largest absolute Gasteiger partial charge is 0.495 e. The molecule has 7 nitrogen and oxygen atoms in total. The second-order valence-corrected chi connectivity index (χ2v) is 6.53. The molecule has 0 amide bonds. The van der Waals surface area contributed by atoms with Crippen LogP contribution in [0, 0.1) is 0 Å². The number of carbonyl (C=O) groups excluding carboxylic acids is 1. The van der Waals surface area contributed by atoms with Gasteiger partial charge in [0, 0.05) is 5.56 Å². The molecule has 2 aromatic carbocycles. The van der Waals surface area contributed by atoms with Crippen LogP contribution in [0.4, 0.5) is 5.69 Å². The highest BCUT2D eigenvalue weighted by atomic mass is 32.2. The Bertz CT molecular complexity index is 905. The molecule has 0 radical (unpaired) electrons. The maximum absolute atomic E-state index is 12.6. The summed E-state index contributed by atoms with van der Waals surface area (Å²) in [6.07, 6.45) is 0. The van der Waals surface area contributed by atoms with Gasteiger partial charge in [-0.25, -0.2) is 13.2 Å². The van der Waals surface area contributed by atoms with E-state index >= 15 is 0 Å². The fourth-order valence-electron chi connectivity index (χ4n) is 2.10. The Kier molecular flexibility index (Phi) is 4.89. The lowest BCUT2D eigenvalue weighted by atomic mass is 10.1. The number of hydrogen-bond acceptors (Lipinski definition) is 5. The van der Waals surface area contributed by atoms with Crippen molar-refractivity contribution in [1.82, 2.24) is 0 Å². The number of rotatable bonds is 6. The van der Waals surface area contributed by atoms with Crippen LogP contribution in [0.5, 0.6) is 5.75 Å². The van der Waals surface area contributed by atoms with Crippen LogP contribution < -0.4 is 9.46 Å². The number of carbonyl (C=O) groups is 2. The van der Waals surface area contributed by atoms with Gasteiger partial charge in [-0.3, -0.25) is 9.52 Å². The van der Waals surface area contributed by atoms with Gasteiger partial charge in [-0.15, -0.1) is 0 Å². The number of benzene rings is 2. The Labute approximate surface area is 138 Å². The minimum Gasteiger partial charge on any atom is -0.495 e. The molecule has 8 heteroatoms. The van der Waals surface area contributed by atoms with Gasteiger partial charge >= 0.3 is 5.97 Å². The standard InChI is InChI=1S/C16H15NO6S/c1-10(18)12-5-3-4-6-13(12)17-24(21,22)15-9-11(16(19)20)7-8-14(15)23-2/h3-9,17H,1-2H3,(H,19,20). The molecule has 0 fully saturated rings. The first kappa shape index (κ1) is 17.5. The van der Waals surface area contributed by atoms with Crippen LogP contribution in [0.25, 0.3) is 0 Å². The average Bonchev–Trinajstić information content (AvgIpc) is 2.54. The maximum atomic E-state index is 12.6. The summed E-state index contributed by atoms with van der Waals surface area (Å²) in [5, 5.41) is 9.04. The van der Waals surface area contributed by atoms with Crippen molar-refractivity contribution in [3.8, 4) is 5.75 Å². The van der Waals surface area contributed by atoms with Crippen molar-refractivity contribution < 1.29 is 27.9 Å². The average molecular weight is 349 g/mol. The molecule has 0 heterocycles. The predicted molar refractivity (Wildman–Crippen MR) is 87.2 cm³/mol. The van der Waals surface area contributed by atoms with E-state index in [2.05, 4.69) is 4.72 Å². The van der Waals surface area contributed by atoms with Gasteiger partial charge in [0.15, 0.2) is 5.78 Å². The Morgan fingerprint density at radius 2 is 1.79 bits per heavy atom. The number of nitrogens with one attached hydrogen (secondary N) is 1. The topological polar surface area (TPSA) is 110 Å². The van der Waals surface area contributed by atoms with E-state index in [1.165, 1.54) is 38.3 Å². The highest BCUT2D eigenvalue weighted by molar-refractivity contribution is 7.92. The summed E-state index contributed by atoms with van der Waals surface area (Å²) in [5.41, 5.74) is 0.109. The summed E-state index contributed by atoms with van der Waals surface area (Å²) in [4.78, 5) is 22.4. The number of hydrogen-bond donors (Lipinski definition) is 2. The lowest BCUT2D eigenvalue weighted by molar-refractivity contribution is 0.0696. The summed E-state index contributed by atoms with van der Waals surface area (Å²) in [6, 6.07) is 9.63. The minimum absolute atomic E-state index is 0.00666. The normalized spacial score (nSPS) is 10.9. The zero-order valence-corrected chi connectivity index (χ0v) is 13.8. The van der Waals surface area contributed by atoms with Gasteiger partial charge in [0.05, 0.1) is 18.4 Å². The summed E-state index contributed by atoms with van der Waals surface area (Å²) in [7, 11) is -2.88. The number of ketones is 1. The fraction of sp³-hybridized carbons (Fsp3) is 0.125. The van der Waals surface area contributed by atoms with Crippen LogP contribution in [-0.2, 0) is 10.0 Å². The van der Waals surface area contributed by atoms with Crippen molar-refractivity contribution in [2.24, 2.45) is 0 Å². The Hall–Kier alpha value is -2.87. The Balaban J connectivity index is 2.54. The quantitative estimate of drug-likeness (QED) is 0.775. The lowest BCUT2D eigenvalue weighted by Crippen LogP contribution is -2.16. The molecule has 2 N–H and O–H groups in total. The van der Waals surface area contributed by atoms with Crippen molar-refractivity contribution in [2.75, 3.05) is 11.8 Å². The molecule has 0 bridgehead atoms. The fourth-order valence-corrected chi connectivity index (χ4v) is 3.37. The smallest absolute Gasteiger partial charge is 0.335 e. The van der Waals surface area contributed by atoms with Crippen LogP contribution in [-0.4, -0.2) is 32.4 Å². The highest BCUT2D eigenvalue weighted by Crippen LogP contribution is 2.28. The van der Waals surface area contributed by atoms with Crippen molar-refractivity contribution in [2.45, 2.75) is 11.8 Å². The maximum Gasteiger partial charge on any atom is 0.335 e. The van der Waals surface area contributed by atoms with E-state index in [-0.39, 0.29) is 33.2 Å². The first-order chi connectivity index (χ1) is 11.3. The number of Topliss-reactive ketones (excluding diaryl/α,β-unsaturated/α-hetero) is 1. The first-order valence-corrected chi connectivity index (χ1v) is 8.28. The van der Waals surface area contributed by atoms with Gasteiger partial charge in [-0.1, -0.05) is 12.1 Å². The molecular weight excluding hydrogens is 334 g/mol. The molecular formula is C16H15NO6S. The van der Waals surface area contributed by atoms with Crippen LogP contribution in [0.2, 0.25) is 0 Å². The van der Waals surface area contributed by atoms with Gasteiger partial charge in [-0.05, 0) is 37.3 Å². The molecule has 0 aliphatic heterocycles. The molecule has 2 rings (SSSR count). The SMILES string of the molecule is COc1ccc(C(=O)O)cc1S(=O)(=O)Nc1ccccc1C(C)=O.